The summed E-state index contributed by atoms with van der Waals surface area (Å²) in [5.74, 6) is -1.34. The van der Waals surface area contributed by atoms with Gasteiger partial charge in [0.25, 0.3) is 11.7 Å². The van der Waals surface area contributed by atoms with Crippen LogP contribution in [-0.2, 0) is 26.5 Å². The number of amides is 1. The Bertz CT molecular complexity index is 884. The quantitative estimate of drug-likeness (QED) is 0.799. The molecule has 2 fully saturated rings. The Morgan fingerprint density at radius 1 is 0.931 bits per heavy atom. The number of ether oxygens (including phenoxy) is 2. The average molecular weight is 393 g/mol. The van der Waals surface area contributed by atoms with Gasteiger partial charge in [0.2, 0.25) is 0 Å². The highest BCUT2D eigenvalue weighted by Crippen LogP contribution is 2.45. The average Bonchev–Trinajstić information content (AvgIpc) is 3.36. The molecule has 1 spiro atoms. The molecule has 0 N–H and O–H groups in total. The van der Waals surface area contributed by atoms with Gasteiger partial charge < -0.3 is 14.4 Å². The van der Waals surface area contributed by atoms with E-state index in [0.717, 1.165) is 43.9 Å². The lowest BCUT2D eigenvalue weighted by atomic mass is 10.1. The molecule has 3 aliphatic heterocycles. The molecule has 0 saturated carbocycles. The van der Waals surface area contributed by atoms with Crippen LogP contribution in [0.5, 0.6) is 0 Å². The molecule has 152 valence electrons. The van der Waals surface area contributed by atoms with Crippen molar-refractivity contribution in [1.29, 1.82) is 0 Å². The van der Waals surface area contributed by atoms with Crippen LogP contribution in [0.2, 0.25) is 0 Å². The zero-order chi connectivity index (χ0) is 19.8. The van der Waals surface area contributed by atoms with Gasteiger partial charge in [-0.1, -0.05) is 37.3 Å². The number of piperazine rings is 1. The van der Waals surface area contributed by atoms with E-state index in [1.807, 2.05) is 29.2 Å². The van der Waals surface area contributed by atoms with Crippen LogP contribution in [0, 0.1) is 0 Å². The fourth-order valence-electron chi connectivity index (χ4n) is 4.51. The number of hydrogen-bond acceptors (Lipinski definition) is 5. The Hall–Kier alpha value is -2.41. The third-order valence-corrected chi connectivity index (χ3v) is 6.19. The van der Waals surface area contributed by atoms with Gasteiger partial charge in [0.15, 0.2) is 0 Å². The van der Waals surface area contributed by atoms with E-state index in [1.54, 1.807) is 0 Å². The second-order valence-electron chi connectivity index (χ2n) is 7.83. The SMILES string of the molecule is CCc1ccc(N2CCN(CN3C(=O)C4(OCCO4)c4ccccc43)CC2)cc1. The van der Waals surface area contributed by atoms with Crippen molar-refractivity contribution in [3.63, 3.8) is 0 Å². The molecule has 29 heavy (non-hydrogen) atoms. The van der Waals surface area contributed by atoms with Gasteiger partial charge in [-0.05, 0) is 30.2 Å². The lowest BCUT2D eigenvalue weighted by Gasteiger charge is -2.38. The summed E-state index contributed by atoms with van der Waals surface area (Å²) in [5, 5.41) is 0. The van der Waals surface area contributed by atoms with E-state index < -0.39 is 5.79 Å². The molecule has 0 bridgehead atoms. The van der Waals surface area contributed by atoms with Crippen molar-refractivity contribution in [1.82, 2.24) is 4.90 Å². The van der Waals surface area contributed by atoms with E-state index in [1.165, 1.54) is 11.3 Å². The smallest absolute Gasteiger partial charge is 0.293 e. The number of hydrogen-bond donors (Lipinski definition) is 0. The van der Waals surface area contributed by atoms with Gasteiger partial charge in [-0.15, -0.1) is 0 Å². The van der Waals surface area contributed by atoms with E-state index in [-0.39, 0.29) is 5.91 Å². The van der Waals surface area contributed by atoms with Crippen LogP contribution in [0.25, 0.3) is 0 Å². The highest BCUT2D eigenvalue weighted by molar-refractivity contribution is 6.06. The van der Waals surface area contributed by atoms with Gasteiger partial charge in [0, 0.05) is 37.4 Å². The second-order valence-corrected chi connectivity index (χ2v) is 7.83. The summed E-state index contributed by atoms with van der Waals surface area (Å²) >= 11 is 0. The number of para-hydroxylation sites is 1. The van der Waals surface area contributed by atoms with E-state index >= 15 is 0 Å². The van der Waals surface area contributed by atoms with Crippen LogP contribution in [0.3, 0.4) is 0 Å². The summed E-state index contributed by atoms with van der Waals surface area (Å²) in [4.78, 5) is 19.8. The number of aryl methyl sites for hydroxylation is 1. The maximum Gasteiger partial charge on any atom is 0.293 e. The third-order valence-electron chi connectivity index (χ3n) is 6.19. The molecule has 3 heterocycles. The van der Waals surface area contributed by atoms with Crippen LogP contribution in [-0.4, -0.2) is 56.9 Å². The van der Waals surface area contributed by atoms with Crippen molar-refractivity contribution in [3.05, 3.63) is 59.7 Å². The van der Waals surface area contributed by atoms with Crippen LogP contribution >= 0.6 is 0 Å². The monoisotopic (exact) mass is 393 g/mol. The molecule has 2 aromatic rings. The molecule has 0 unspecified atom stereocenters. The normalized spacial score (nSPS) is 21.2. The predicted octanol–water partition coefficient (Wildman–Crippen LogP) is 2.57. The number of rotatable bonds is 4. The molecular formula is C23H27N3O3. The van der Waals surface area contributed by atoms with E-state index in [0.29, 0.717) is 19.9 Å². The highest BCUT2D eigenvalue weighted by atomic mass is 16.7. The molecule has 0 aromatic heterocycles. The number of fused-ring (bicyclic) bond motifs is 2. The fourth-order valence-corrected chi connectivity index (χ4v) is 4.51. The Balaban J connectivity index is 1.27. The standard InChI is InChI=1S/C23H27N3O3/c1-2-18-7-9-19(10-8-18)25-13-11-24(12-14-25)17-26-21-6-4-3-5-20(21)23(22(26)27)28-15-16-29-23/h3-10H,2,11-17H2,1H3. The van der Waals surface area contributed by atoms with Gasteiger partial charge in [0.1, 0.15) is 0 Å². The molecule has 3 aliphatic rings. The van der Waals surface area contributed by atoms with Crippen LogP contribution in [0.15, 0.2) is 48.5 Å². The molecule has 6 nitrogen and oxygen atoms in total. The lowest BCUT2D eigenvalue weighted by molar-refractivity contribution is -0.181. The summed E-state index contributed by atoms with van der Waals surface area (Å²) in [6.07, 6.45) is 1.06. The predicted molar refractivity (Wildman–Crippen MR) is 112 cm³/mol. The van der Waals surface area contributed by atoms with Crippen LogP contribution in [0.4, 0.5) is 11.4 Å². The maximum atomic E-state index is 13.2. The summed E-state index contributed by atoms with van der Waals surface area (Å²) in [5.41, 5.74) is 4.37. The van der Waals surface area contributed by atoms with Gasteiger partial charge in [-0.2, -0.15) is 0 Å². The van der Waals surface area contributed by atoms with Crippen LogP contribution in [0.1, 0.15) is 18.1 Å². The van der Waals surface area contributed by atoms with Crippen molar-refractivity contribution >= 4 is 17.3 Å². The molecule has 0 aliphatic carbocycles. The van der Waals surface area contributed by atoms with Crippen molar-refractivity contribution in [2.75, 3.05) is 55.9 Å². The van der Waals surface area contributed by atoms with E-state index in [9.17, 15) is 4.79 Å². The Morgan fingerprint density at radius 2 is 1.62 bits per heavy atom. The van der Waals surface area contributed by atoms with Gasteiger partial charge >= 0.3 is 0 Å². The van der Waals surface area contributed by atoms with Crippen molar-refractivity contribution in [2.45, 2.75) is 19.1 Å². The first-order valence-corrected chi connectivity index (χ1v) is 10.5. The number of benzene rings is 2. The third kappa shape index (κ3) is 3.12. The summed E-state index contributed by atoms with van der Waals surface area (Å²) in [7, 11) is 0. The first-order chi connectivity index (χ1) is 14.2. The zero-order valence-electron chi connectivity index (χ0n) is 16.8. The fraction of sp³-hybridized carbons (Fsp3) is 0.435. The number of nitrogens with zero attached hydrogens (tertiary/aromatic N) is 3. The van der Waals surface area contributed by atoms with Gasteiger partial charge in [0.05, 0.1) is 25.6 Å². The molecule has 5 rings (SSSR count). The first-order valence-electron chi connectivity index (χ1n) is 10.5. The molecule has 0 radical (unpaired) electrons. The maximum absolute atomic E-state index is 13.2. The van der Waals surface area contributed by atoms with Crippen molar-refractivity contribution in [3.8, 4) is 0 Å². The topological polar surface area (TPSA) is 45.2 Å². The minimum absolute atomic E-state index is 0.103. The lowest BCUT2D eigenvalue weighted by Crippen LogP contribution is -2.52. The number of anilines is 2. The Morgan fingerprint density at radius 3 is 2.31 bits per heavy atom. The molecule has 0 atom stereocenters. The molecule has 6 heteroatoms. The minimum atomic E-state index is -1.24. The van der Waals surface area contributed by atoms with Gasteiger partial charge in [-0.25, -0.2) is 0 Å². The number of carbonyl (C=O) groups is 1. The summed E-state index contributed by atoms with van der Waals surface area (Å²) < 4.78 is 11.6. The molecule has 2 saturated heterocycles. The Labute approximate surface area is 171 Å². The van der Waals surface area contributed by atoms with E-state index in [4.69, 9.17) is 9.47 Å². The minimum Gasteiger partial charge on any atom is -0.369 e. The second kappa shape index (κ2) is 7.44. The largest absolute Gasteiger partial charge is 0.369 e. The first kappa shape index (κ1) is 18.6. The summed E-state index contributed by atoms with van der Waals surface area (Å²) in [6, 6.07) is 16.7. The zero-order valence-corrected chi connectivity index (χ0v) is 16.8. The summed E-state index contributed by atoms with van der Waals surface area (Å²) in [6.45, 7) is 7.37. The molecule has 2 aromatic carbocycles. The Kier molecular flexibility index (Phi) is 4.78. The van der Waals surface area contributed by atoms with Crippen LogP contribution < -0.4 is 9.80 Å². The molecule has 1 amide bonds. The molecular weight excluding hydrogens is 366 g/mol. The van der Waals surface area contributed by atoms with Crippen molar-refractivity contribution < 1.29 is 14.3 Å². The van der Waals surface area contributed by atoms with E-state index in [2.05, 4.69) is 41.0 Å². The van der Waals surface area contributed by atoms with Crippen molar-refractivity contribution in [2.24, 2.45) is 0 Å². The highest BCUT2D eigenvalue weighted by Gasteiger charge is 2.56. The number of carbonyl (C=O) groups excluding carboxylic acids is 1. The van der Waals surface area contributed by atoms with Gasteiger partial charge in [-0.3, -0.25) is 14.6 Å².